The van der Waals surface area contributed by atoms with Gasteiger partial charge in [0.1, 0.15) is 11.6 Å². The van der Waals surface area contributed by atoms with Crippen LogP contribution in [0.25, 0.3) is 0 Å². The molecule has 0 aliphatic carbocycles. The Morgan fingerprint density at radius 2 is 1.58 bits per heavy atom. The van der Waals surface area contributed by atoms with Crippen molar-refractivity contribution in [2.45, 2.75) is 12.6 Å². The van der Waals surface area contributed by atoms with Crippen molar-refractivity contribution in [1.82, 2.24) is 0 Å². The van der Waals surface area contributed by atoms with Crippen molar-refractivity contribution in [2.75, 3.05) is 6.61 Å². The Bertz CT molecular complexity index is 545. The van der Waals surface area contributed by atoms with Crippen LogP contribution in [0, 0.1) is 11.6 Å². The summed E-state index contributed by atoms with van der Waals surface area (Å²) >= 11 is 0. The Kier molecular flexibility index (Phi) is 4.60. The van der Waals surface area contributed by atoms with Crippen molar-refractivity contribution in [3.63, 3.8) is 0 Å². The van der Waals surface area contributed by atoms with E-state index in [2.05, 4.69) is 0 Å². The molecule has 0 bridgehead atoms. The Morgan fingerprint density at radius 3 is 2.26 bits per heavy atom. The first kappa shape index (κ1) is 13.6. The summed E-state index contributed by atoms with van der Waals surface area (Å²) in [6, 6.07) is 12.1. The zero-order chi connectivity index (χ0) is 13.7. The maximum atomic E-state index is 13.5. The highest BCUT2D eigenvalue weighted by atomic mass is 19.1. The fraction of sp³-hybridized carbons (Fsp3) is 0.200. The van der Waals surface area contributed by atoms with Crippen LogP contribution >= 0.6 is 0 Å². The molecule has 1 atom stereocenters. The van der Waals surface area contributed by atoms with Gasteiger partial charge >= 0.3 is 0 Å². The summed E-state index contributed by atoms with van der Waals surface area (Å²) < 4.78 is 32.1. The minimum absolute atomic E-state index is 0.120. The molecule has 0 radical (unpaired) electrons. The van der Waals surface area contributed by atoms with E-state index in [1.54, 1.807) is 36.4 Å². The van der Waals surface area contributed by atoms with Crippen molar-refractivity contribution in [1.29, 1.82) is 0 Å². The van der Waals surface area contributed by atoms with Gasteiger partial charge in [0.25, 0.3) is 0 Å². The van der Waals surface area contributed by atoms with E-state index in [9.17, 15) is 8.78 Å². The number of ether oxygens (including phenoxy) is 1. The van der Waals surface area contributed by atoms with Crippen LogP contribution in [0.15, 0.2) is 48.5 Å². The highest BCUT2D eigenvalue weighted by Gasteiger charge is 2.11. The van der Waals surface area contributed by atoms with Crippen LogP contribution in [0.5, 0.6) is 0 Å². The summed E-state index contributed by atoms with van der Waals surface area (Å²) in [7, 11) is 0. The molecule has 2 rings (SSSR count). The average Bonchev–Trinajstić information content (AvgIpc) is 2.41. The smallest absolute Gasteiger partial charge is 0.128 e. The molecule has 0 aliphatic heterocycles. The van der Waals surface area contributed by atoms with E-state index >= 15 is 0 Å². The summed E-state index contributed by atoms with van der Waals surface area (Å²) in [6.45, 7) is 0.254. The lowest BCUT2D eigenvalue weighted by molar-refractivity contribution is 0.105. The molecule has 2 aromatic carbocycles. The molecular formula is C15H15F2NO. The van der Waals surface area contributed by atoms with Gasteiger partial charge in [0.05, 0.1) is 19.3 Å². The zero-order valence-corrected chi connectivity index (χ0v) is 10.4. The van der Waals surface area contributed by atoms with Crippen molar-refractivity contribution in [3.05, 3.63) is 71.3 Å². The molecule has 4 heteroatoms. The van der Waals surface area contributed by atoms with Crippen LogP contribution in [-0.4, -0.2) is 6.61 Å². The van der Waals surface area contributed by atoms with E-state index in [0.717, 1.165) is 0 Å². The molecular weight excluding hydrogens is 248 g/mol. The number of hydrogen-bond donors (Lipinski definition) is 1. The van der Waals surface area contributed by atoms with Gasteiger partial charge in [-0.3, -0.25) is 0 Å². The van der Waals surface area contributed by atoms with Gasteiger partial charge in [-0.25, -0.2) is 8.78 Å². The normalized spacial score (nSPS) is 12.4. The van der Waals surface area contributed by atoms with Gasteiger partial charge in [-0.15, -0.1) is 0 Å². The Balaban J connectivity index is 1.90. The molecule has 0 saturated carbocycles. The average molecular weight is 263 g/mol. The Labute approximate surface area is 110 Å². The van der Waals surface area contributed by atoms with Gasteiger partial charge in [0.2, 0.25) is 0 Å². The molecule has 0 aromatic heterocycles. The molecule has 2 N–H and O–H groups in total. The summed E-state index contributed by atoms with van der Waals surface area (Å²) in [5.74, 6) is -0.675. The zero-order valence-electron chi connectivity index (χ0n) is 10.4. The van der Waals surface area contributed by atoms with E-state index in [4.69, 9.17) is 10.5 Å². The summed E-state index contributed by atoms with van der Waals surface area (Å²) in [5.41, 5.74) is 6.70. The number of hydrogen-bond acceptors (Lipinski definition) is 2. The van der Waals surface area contributed by atoms with Gasteiger partial charge in [-0.2, -0.15) is 0 Å². The minimum Gasteiger partial charge on any atom is -0.375 e. The molecule has 0 heterocycles. The Morgan fingerprint density at radius 1 is 0.947 bits per heavy atom. The van der Waals surface area contributed by atoms with E-state index in [1.807, 2.05) is 0 Å². The first-order chi connectivity index (χ1) is 9.18. The predicted molar refractivity (Wildman–Crippen MR) is 69.4 cm³/mol. The lowest BCUT2D eigenvalue weighted by Crippen LogP contribution is -2.18. The third-order valence-electron chi connectivity index (χ3n) is 2.82. The van der Waals surface area contributed by atoms with Gasteiger partial charge < -0.3 is 10.5 Å². The minimum atomic E-state index is -0.562. The molecule has 19 heavy (non-hydrogen) atoms. The third kappa shape index (κ3) is 3.59. The van der Waals surface area contributed by atoms with E-state index in [1.165, 1.54) is 12.1 Å². The topological polar surface area (TPSA) is 35.2 Å². The van der Waals surface area contributed by atoms with Crippen LogP contribution in [-0.2, 0) is 11.3 Å². The van der Waals surface area contributed by atoms with E-state index < -0.39 is 6.04 Å². The van der Waals surface area contributed by atoms with Crippen LogP contribution in [0.3, 0.4) is 0 Å². The number of rotatable bonds is 5. The fourth-order valence-corrected chi connectivity index (χ4v) is 1.78. The second-order valence-corrected chi connectivity index (χ2v) is 4.23. The van der Waals surface area contributed by atoms with E-state index in [-0.39, 0.29) is 24.8 Å². The number of benzene rings is 2. The summed E-state index contributed by atoms with van der Waals surface area (Å²) in [4.78, 5) is 0. The molecule has 0 amide bonds. The van der Waals surface area contributed by atoms with Crippen molar-refractivity contribution >= 4 is 0 Å². The lowest BCUT2D eigenvalue weighted by Gasteiger charge is -2.13. The van der Waals surface area contributed by atoms with Crippen molar-refractivity contribution in [3.8, 4) is 0 Å². The van der Waals surface area contributed by atoms with Gasteiger partial charge in [0.15, 0.2) is 0 Å². The molecule has 0 fully saturated rings. The highest BCUT2D eigenvalue weighted by molar-refractivity contribution is 5.21. The molecule has 0 saturated heterocycles. The molecule has 2 nitrogen and oxygen atoms in total. The second-order valence-electron chi connectivity index (χ2n) is 4.23. The van der Waals surface area contributed by atoms with Gasteiger partial charge in [-0.1, -0.05) is 36.4 Å². The number of halogens is 2. The maximum absolute atomic E-state index is 13.5. The highest BCUT2D eigenvalue weighted by Crippen LogP contribution is 2.15. The van der Waals surface area contributed by atoms with Crippen LogP contribution < -0.4 is 5.73 Å². The van der Waals surface area contributed by atoms with Crippen LogP contribution in [0.2, 0.25) is 0 Å². The summed E-state index contributed by atoms with van der Waals surface area (Å²) in [5, 5.41) is 0. The molecule has 2 aromatic rings. The second kappa shape index (κ2) is 6.41. The SMILES string of the molecule is NC(COCc1ccccc1F)c1ccccc1F. The predicted octanol–water partition coefficient (Wildman–Crippen LogP) is 3.18. The van der Waals surface area contributed by atoms with Gasteiger partial charge in [0, 0.05) is 11.1 Å². The van der Waals surface area contributed by atoms with Crippen molar-refractivity contribution < 1.29 is 13.5 Å². The fourth-order valence-electron chi connectivity index (χ4n) is 1.78. The molecule has 100 valence electrons. The quantitative estimate of drug-likeness (QED) is 0.899. The van der Waals surface area contributed by atoms with Gasteiger partial charge in [-0.05, 0) is 12.1 Å². The first-order valence-electron chi connectivity index (χ1n) is 5.99. The monoisotopic (exact) mass is 263 g/mol. The summed E-state index contributed by atoms with van der Waals surface area (Å²) in [6.07, 6.45) is 0. The first-order valence-corrected chi connectivity index (χ1v) is 5.99. The van der Waals surface area contributed by atoms with Crippen molar-refractivity contribution in [2.24, 2.45) is 5.73 Å². The maximum Gasteiger partial charge on any atom is 0.128 e. The van der Waals surface area contributed by atoms with E-state index in [0.29, 0.717) is 11.1 Å². The molecule has 1 unspecified atom stereocenters. The Hall–Kier alpha value is -1.78. The van der Waals surface area contributed by atoms with Crippen LogP contribution in [0.4, 0.5) is 8.78 Å². The number of nitrogens with two attached hydrogens (primary N) is 1. The molecule has 0 aliphatic rings. The molecule has 0 spiro atoms. The standard InChI is InChI=1S/C15H15F2NO/c16-13-7-3-1-5-11(13)9-19-10-15(18)12-6-2-4-8-14(12)17/h1-8,15H,9-10,18H2. The van der Waals surface area contributed by atoms with Crippen LogP contribution in [0.1, 0.15) is 17.2 Å². The lowest BCUT2D eigenvalue weighted by atomic mass is 10.1. The largest absolute Gasteiger partial charge is 0.375 e. The third-order valence-corrected chi connectivity index (χ3v) is 2.82.